The number of aromatic nitrogens is 3. The summed E-state index contributed by atoms with van der Waals surface area (Å²) >= 11 is 6.18. The van der Waals surface area contributed by atoms with Crippen molar-refractivity contribution >= 4 is 34.1 Å². The molecule has 4 rings (SSSR count). The van der Waals surface area contributed by atoms with E-state index in [0.717, 1.165) is 41.4 Å². The molecule has 3 aromatic rings. The van der Waals surface area contributed by atoms with Crippen molar-refractivity contribution in [1.29, 1.82) is 0 Å². The van der Waals surface area contributed by atoms with Crippen molar-refractivity contribution < 1.29 is 0 Å². The van der Waals surface area contributed by atoms with Gasteiger partial charge in [0, 0.05) is 37.0 Å². The molecule has 1 aliphatic rings. The van der Waals surface area contributed by atoms with Crippen molar-refractivity contribution in [2.24, 2.45) is 5.92 Å². The summed E-state index contributed by atoms with van der Waals surface area (Å²) in [6.45, 7) is 4.33. The Morgan fingerprint density at radius 1 is 1.28 bits per heavy atom. The maximum absolute atomic E-state index is 6.18. The molecule has 0 saturated carbocycles. The van der Waals surface area contributed by atoms with Gasteiger partial charge in [0.15, 0.2) is 0 Å². The molecule has 1 aliphatic heterocycles. The number of benzene rings is 1. The minimum atomic E-state index is 0.376. The third-order valence-electron chi connectivity index (χ3n) is 5.26. The Labute approximate surface area is 152 Å². The summed E-state index contributed by atoms with van der Waals surface area (Å²) in [6.07, 6.45) is 4.69. The third kappa shape index (κ3) is 3.04. The van der Waals surface area contributed by atoms with E-state index in [9.17, 15) is 0 Å². The third-order valence-corrected chi connectivity index (χ3v) is 5.49. The van der Waals surface area contributed by atoms with Crippen LogP contribution in [0.2, 0.25) is 5.02 Å². The zero-order chi connectivity index (χ0) is 17.4. The summed E-state index contributed by atoms with van der Waals surface area (Å²) in [5.74, 6) is 1.57. The molecule has 2 atom stereocenters. The van der Waals surface area contributed by atoms with E-state index < -0.39 is 0 Å². The van der Waals surface area contributed by atoms with Gasteiger partial charge in [0.1, 0.15) is 17.8 Å². The molecule has 0 radical (unpaired) electrons. The molecule has 25 heavy (non-hydrogen) atoms. The quantitative estimate of drug-likeness (QED) is 0.772. The number of likely N-dealkylation sites (N-methyl/N-ethyl adjacent to an activating group) is 1. The number of anilines is 2. The molecule has 0 aliphatic carbocycles. The van der Waals surface area contributed by atoms with E-state index in [1.165, 1.54) is 5.69 Å². The molecule has 2 aromatic heterocycles. The lowest BCUT2D eigenvalue weighted by molar-refractivity contribution is 0.367. The van der Waals surface area contributed by atoms with Gasteiger partial charge >= 0.3 is 0 Å². The molecule has 1 aromatic carbocycles. The summed E-state index contributed by atoms with van der Waals surface area (Å²) in [4.78, 5) is 16.7. The number of hydrogen-bond donors (Lipinski definition) is 1. The first-order valence-electron chi connectivity index (χ1n) is 8.65. The van der Waals surface area contributed by atoms with Crippen molar-refractivity contribution in [2.75, 3.05) is 29.9 Å². The van der Waals surface area contributed by atoms with E-state index in [4.69, 9.17) is 11.6 Å². The first kappa shape index (κ1) is 16.2. The van der Waals surface area contributed by atoms with Crippen LogP contribution in [0.15, 0.2) is 42.9 Å². The molecule has 0 amide bonds. The van der Waals surface area contributed by atoms with Crippen LogP contribution in [0.5, 0.6) is 0 Å². The Morgan fingerprint density at radius 2 is 2.16 bits per heavy atom. The Bertz CT molecular complexity index is 877. The van der Waals surface area contributed by atoms with Gasteiger partial charge in [0.25, 0.3) is 0 Å². The predicted octanol–water partition coefficient (Wildman–Crippen LogP) is 3.96. The highest BCUT2D eigenvalue weighted by molar-refractivity contribution is 6.30. The van der Waals surface area contributed by atoms with Crippen LogP contribution in [0.1, 0.15) is 13.3 Å². The fourth-order valence-electron chi connectivity index (χ4n) is 3.76. The summed E-state index contributed by atoms with van der Waals surface area (Å²) in [5, 5.41) is 1.85. The van der Waals surface area contributed by atoms with Crippen LogP contribution in [0.4, 0.5) is 11.5 Å². The van der Waals surface area contributed by atoms with E-state index in [2.05, 4.69) is 44.8 Å². The molecule has 1 saturated heterocycles. The second kappa shape index (κ2) is 6.56. The highest BCUT2D eigenvalue weighted by Gasteiger charge is 2.31. The molecule has 1 fully saturated rings. The monoisotopic (exact) mass is 355 g/mol. The lowest BCUT2D eigenvalue weighted by atomic mass is 9.92. The number of rotatable bonds is 3. The maximum atomic E-state index is 6.18. The second-order valence-corrected chi connectivity index (χ2v) is 7.24. The van der Waals surface area contributed by atoms with Gasteiger partial charge < -0.3 is 14.8 Å². The van der Waals surface area contributed by atoms with Crippen LogP contribution < -0.4 is 9.80 Å². The van der Waals surface area contributed by atoms with Crippen LogP contribution in [0.25, 0.3) is 11.0 Å². The van der Waals surface area contributed by atoms with Gasteiger partial charge in [0.2, 0.25) is 0 Å². The van der Waals surface area contributed by atoms with Gasteiger partial charge in [-0.2, -0.15) is 0 Å². The van der Waals surface area contributed by atoms with Crippen molar-refractivity contribution in [3.8, 4) is 0 Å². The predicted molar refractivity (Wildman–Crippen MR) is 104 cm³/mol. The van der Waals surface area contributed by atoms with Gasteiger partial charge in [0.05, 0.1) is 11.4 Å². The van der Waals surface area contributed by atoms with Crippen molar-refractivity contribution in [3.63, 3.8) is 0 Å². The number of nitrogens with zero attached hydrogens (tertiary/aromatic N) is 4. The number of aromatic amines is 1. The number of nitrogens with one attached hydrogen (secondary N) is 1. The second-order valence-electron chi connectivity index (χ2n) is 6.81. The fraction of sp³-hybridized carbons (Fsp3) is 0.368. The van der Waals surface area contributed by atoms with Gasteiger partial charge in [-0.15, -0.1) is 0 Å². The number of fused-ring (bicyclic) bond motifs is 1. The Kier molecular flexibility index (Phi) is 4.25. The van der Waals surface area contributed by atoms with Crippen LogP contribution in [0, 0.1) is 5.92 Å². The summed E-state index contributed by atoms with van der Waals surface area (Å²) in [5.41, 5.74) is 2.07. The molecule has 3 heterocycles. The molecule has 0 bridgehead atoms. The van der Waals surface area contributed by atoms with Gasteiger partial charge in [-0.1, -0.05) is 24.6 Å². The molecule has 2 unspecified atom stereocenters. The SMILES string of the molecule is CC1CCN(c2cccc(Cl)c2)CC1N(C)c1ncnc2[nH]ccc12. The van der Waals surface area contributed by atoms with Gasteiger partial charge in [-0.3, -0.25) is 0 Å². The van der Waals surface area contributed by atoms with Crippen LogP contribution in [0.3, 0.4) is 0 Å². The topological polar surface area (TPSA) is 48.1 Å². The zero-order valence-electron chi connectivity index (χ0n) is 14.5. The Balaban J connectivity index is 1.62. The normalized spacial score (nSPS) is 20.8. The first-order chi connectivity index (χ1) is 12.1. The van der Waals surface area contributed by atoms with E-state index >= 15 is 0 Å². The van der Waals surface area contributed by atoms with Crippen molar-refractivity contribution in [2.45, 2.75) is 19.4 Å². The largest absolute Gasteiger partial charge is 0.369 e. The van der Waals surface area contributed by atoms with Crippen LogP contribution >= 0.6 is 11.6 Å². The molecular weight excluding hydrogens is 334 g/mol. The minimum Gasteiger partial charge on any atom is -0.369 e. The smallest absolute Gasteiger partial charge is 0.142 e. The van der Waals surface area contributed by atoms with Crippen molar-refractivity contribution in [3.05, 3.63) is 47.9 Å². The molecule has 130 valence electrons. The summed E-state index contributed by atoms with van der Waals surface area (Å²) < 4.78 is 0. The molecule has 5 nitrogen and oxygen atoms in total. The Hall–Kier alpha value is -2.27. The van der Waals surface area contributed by atoms with E-state index in [1.807, 2.05) is 30.5 Å². The van der Waals surface area contributed by atoms with E-state index in [1.54, 1.807) is 6.33 Å². The van der Waals surface area contributed by atoms with Crippen LogP contribution in [-0.4, -0.2) is 41.1 Å². The average Bonchev–Trinajstić information content (AvgIpc) is 3.10. The maximum Gasteiger partial charge on any atom is 0.142 e. The zero-order valence-corrected chi connectivity index (χ0v) is 15.2. The average molecular weight is 356 g/mol. The lowest BCUT2D eigenvalue weighted by Gasteiger charge is -2.43. The molecular formula is C19H22ClN5. The number of piperidine rings is 1. The summed E-state index contributed by atoms with van der Waals surface area (Å²) in [7, 11) is 2.14. The standard InChI is InChI=1S/C19H22ClN5/c1-13-7-9-25(15-5-3-4-14(20)10-15)11-17(13)24(2)19-16-6-8-21-18(16)22-12-23-19/h3-6,8,10,12-13,17H,7,9,11H2,1-2H3,(H,21,22,23). The highest BCUT2D eigenvalue weighted by Crippen LogP contribution is 2.31. The minimum absolute atomic E-state index is 0.376. The van der Waals surface area contributed by atoms with Crippen molar-refractivity contribution in [1.82, 2.24) is 15.0 Å². The van der Waals surface area contributed by atoms with Gasteiger partial charge in [-0.05, 0) is 36.6 Å². The van der Waals surface area contributed by atoms with E-state index in [-0.39, 0.29) is 0 Å². The highest BCUT2D eigenvalue weighted by atomic mass is 35.5. The first-order valence-corrected chi connectivity index (χ1v) is 9.02. The van der Waals surface area contributed by atoms with Crippen LogP contribution in [-0.2, 0) is 0 Å². The van der Waals surface area contributed by atoms with Gasteiger partial charge in [-0.25, -0.2) is 9.97 Å². The fourth-order valence-corrected chi connectivity index (χ4v) is 3.94. The van der Waals surface area contributed by atoms with E-state index in [0.29, 0.717) is 12.0 Å². The number of halogens is 1. The molecule has 6 heteroatoms. The Morgan fingerprint density at radius 3 is 3.00 bits per heavy atom. The molecule has 0 spiro atoms. The molecule has 1 N–H and O–H groups in total. The number of hydrogen-bond acceptors (Lipinski definition) is 4. The number of H-pyrrole nitrogens is 1. The summed E-state index contributed by atoms with van der Waals surface area (Å²) in [6, 6.07) is 10.5. The lowest BCUT2D eigenvalue weighted by Crippen LogP contribution is -2.51.